The summed E-state index contributed by atoms with van der Waals surface area (Å²) in [6.07, 6.45) is 4.18. The van der Waals surface area contributed by atoms with Gasteiger partial charge in [-0.25, -0.2) is 0 Å². The summed E-state index contributed by atoms with van der Waals surface area (Å²) in [5, 5.41) is 10.6. The Kier molecular flexibility index (Phi) is 3.95. The van der Waals surface area contributed by atoms with Gasteiger partial charge in [-0.15, -0.1) is 11.3 Å². The Morgan fingerprint density at radius 3 is 2.85 bits per heavy atom. The van der Waals surface area contributed by atoms with Crippen molar-refractivity contribution in [3.8, 4) is 0 Å². The monoisotopic (exact) mass is 286 g/mol. The van der Waals surface area contributed by atoms with Gasteiger partial charge >= 0.3 is 0 Å². The van der Waals surface area contributed by atoms with Crippen molar-refractivity contribution in [2.24, 2.45) is 0 Å². The number of rotatable bonds is 3. The molecule has 2 unspecified atom stereocenters. The fourth-order valence-corrected chi connectivity index (χ4v) is 4.46. The largest absolute Gasteiger partial charge is 0.388 e. The quantitative estimate of drug-likeness (QED) is 0.850. The number of fused-ring (bicyclic) bond motifs is 1. The Labute approximate surface area is 125 Å². The zero-order valence-corrected chi connectivity index (χ0v) is 13.0. The van der Waals surface area contributed by atoms with Crippen molar-refractivity contribution in [1.82, 2.24) is 0 Å². The molecule has 0 amide bonds. The molecule has 1 aromatic heterocycles. The van der Waals surface area contributed by atoms with E-state index in [4.69, 9.17) is 0 Å². The highest BCUT2D eigenvalue weighted by atomic mass is 32.1. The van der Waals surface area contributed by atoms with Crippen LogP contribution >= 0.6 is 11.3 Å². The second kappa shape index (κ2) is 5.71. The SMILES string of the molecule is Cc1cc(C(O)CC2CCCc3ccccc32)c(C)s1. The topological polar surface area (TPSA) is 20.2 Å². The number of hydrogen-bond donors (Lipinski definition) is 1. The molecule has 1 aliphatic carbocycles. The summed E-state index contributed by atoms with van der Waals surface area (Å²) in [5.41, 5.74) is 4.08. The lowest BCUT2D eigenvalue weighted by Crippen LogP contribution is -2.13. The van der Waals surface area contributed by atoms with E-state index in [9.17, 15) is 5.11 Å². The van der Waals surface area contributed by atoms with Crippen LogP contribution < -0.4 is 0 Å². The Morgan fingerprint density at radius 1 is 1.30 bits per heavy atom. The van der Waals surface area contributed by atoms with Gasteiger partial charge in [0.15, 0.2) is 0 Å². The molecular weight excluding hydrogens is 264 g/mol. The Morgan fingerprint density at radius 2 is 2.10 bits per heavy atom. The highest BCUT2D eigenvalue weighted by molar-refractivity contribution is 7.12. The van der Waals surface area contributed by atoms with E-state index < -0.39 is 0 Å². The van der Waals surface area contributed by atoms with Crippen molar-refractivity contribution in [3.05, 3.63) is 56.8 Å². The van der Waals surface area contributed by atoms with Gasteiger partial charge in [-0.05, 0) is 68.2 Å². The minimum atomic E-state index is -0.323. The van der Waals surface area contributed by atoms with Crippen LogP contribution in [0.15, 0.2) is 30.3 Å². The lowest BCUT2D eigenvalue weighted by molar-refractivity contribution is 0.154. The van der Waals surface area contributed by atoms with Gasteiger partial charge in [0.1, 0.15) is 0 Å². The molecule has 106 valence electrons. The number of aliphatic hydroxyl groups excluding tert-OH is 1. The number of benzene rings is 1. The van der Waals surface area contributed by atoms with Crippen LogP contribution in [0, 0.1) is 13.8 Å². The van der Waals surface area contributed by atoms with Gasteiger partial charge in [0.05, 0.1) is 6.10 Å². The maximum absolute atomic E-state index is 10.6. The van der Waals surface area contributed by atoms with Gasteiger partial charge < -0.3 is 5.11 Å². The lowest BCUT2D eigenvalue weighted by atomic mass is 9.79. The zero-order chi connectivity index (χ0) is 14.1. The van der Waals surface area contributed by atoms with E-state index in [0.29, 0.717) is 5.92 Å². The van der Waals surface area contributed by atoms with Crippen molar-refractivity contribution >= 4 is 11.3 Å². The van der Waals surface area contributed by atoms with E-state index in [-0.39, 0.29) is 6.10 Å². The third kappa shape index (κ3) is 2.68. The summed E-state index contributed by atoms with van der Waals surface area (Å²) in [4.78, 5) is 2.56. The molecule has 0 bridgehead atoms. The molecular formula is C18H22OS. The van der Waals surface area contributed by atoms with Gasteiger partial charge in [0.25, 0.3) is 0 Å². The van der Waals surface area contributed by atoms with E-state index in [1.54, 1.807) is 11.3 Å². The van der Waals surface area contributed by atoms with Crippen LogP contribution in [0.5, 0.6) is 0 Å². The van der Waals surface area contributed by atoms with Gasteiger partial charge in [-0.3, -0.25) is 0 Å². The van der Waals surface area contributed by atoms with Crippen LogP contribution in [0.25, 0.3) is 0 Å². The van der Waals surface area contributed by atoms with Crippen molar-refractivity contribution in [2.45, 2.75) is 51.6 Å². The minimum absolute atomic E-state index is 0.323. The predicted octanol–water partition coefficient (Wildman–Crippen LogP) is 4.91. The molecule has 2 aromatic rings. The average molecular weight is 286 g/mol. The molecule has 1 aliphatic rings. The number of aryl methyl sites for hydroxylation is 3. The number of hydrogen-bond acceptors (Lipinski definition) is 2. The van der Waals surface area contributed by atoms with E-state index in [2.05, 4.69) is 44.2 Å². The smallest absolute Gasteiger partial charge is 0.0806 e. The molecule has 0 spiro atoms. The van der Waals surface area contributed by atoms with Gasteiger partial charge in [0, 0.05) is 9.75 Å². The number of thiophene rings is 1. The molecule has 0 fully saturated rings. The van der Waals surface area contributed by atoms with Crippen molar-refractivity contribution < 1.29 is 5.11 Å². The molecule has 1 aromatic carbocycles. The molecule has 0 aliphatic heterocycles. The standard InChI is InChI=1S/C18H22OS/c1-12-10-17(13(2)20-12)18(19)11-15-8-5-7-14-6-3-4-9-16(14)15/h3-4,6,9-10,15,18-19H,5,7-8,11H2,1-2H3. The molecule has 3 rings (SSSR count). The first-order valence-electron chi connectivity index (χ1n) is 7.48. The lowest BCUT2D eigenvalue weighted by Gasteiger charge is -2.27. The second-order valence-corrected chi connectivity index (χ2v) is 7.37. The summed E-state index contributed by atoms with van der Waals surface area (Å²) >= 11 is 1.79. The third-order valence-corrected chi connectivity index (χ3v) is 5.42. The van der Waals surface area contributed by atoms with Gasteiger partial charge in [0.2, 0.25) is 0 Å². The Hall–Kier alpha value is -1.12. The van der Waals surface area contributed by atoms with E-state index in [0.717, 1.165) is 12.0 Å². The maximum atomic E-state index is 10.6. The van der Waals surface area contributed by atoms with Crippen molar-refractivity contribution in [3.63, 3.8) is 0 Å². The maximum Gasteiger partial charge on any atom is 0.0806 e. The summed E-state index contributed by atoms with van der Waals surface area (Å²) < 4.78 is 0. The molecule has 20 heavy (non-hydrogen) atoms. The van der Waals surface area contributed by atoms with Crippen molar-refractivity contribution in [1.29, 1.82) is 0 Å². The summed E-state index contributed by atoms with van der Waals surface area (Å²) in [5.74, 6) is 0.509. The summed E-state index contributed by atoms with van der Waals surface area (Å²) in [6, 6.07) is 10.9. The van der Waals surface area contributed by atoms with Crippen LogP contribution in [-0.4, -0.2) is 5.11 Å². The van der Waals surface area contributed by atoms with Crippen LogP contribution in [0.3, 0.4) is 0 Å². The van der Waals surface area contributed by atoms with Crippen LogP contribution in [0.1, 0.15) is 57.7 Å². The van der Waals surface area contributed by atoms with E-state index in [1.807, 2.05) is 0 Å². The van der Waals surface area contributed by atoms with Gasteiger partial charge in [-0.2, -0.15) is 0 Å². The number of aliphatic hydroxyl groups is 1. The third-order valence-electron chi connectivity index (χ3n) is 4.44. The zero-order valence-electron chi connectivity index (χ0n) is 12.2. The molecule has 1 nitrogen and oxygen atoms in total. The predicted molar refractivity (Wildman–Crippen MR) is 85.5 cm³/mol. The normalized spacial score (nSPS) is 19.6. The van der Waals surface area contributed by atoms with Crippen LogP contribution in [0.2, 0.25) is 0 Å². The second-order valence-electron chi connectivity index (χ2n) is 5.91. The highest BCUT2D eigenvalue weighted by Gasteiger charge is 2.24. The fraction of sp³-hybridized carbons (Fsp3) is 0.444. The highest BCUT2D eigenvalue weighted by Crippen LogP contribution is 2.39. The molecule has 1 heterocycles. The average Bonchev–Trinajstić information content (AvgIpc) is 2.78. The first kappa shape index (κ1) is 13.8. The van der Waals surface area contributed by atoms with Crippen molar-refractivity contribution in [2.75, 3.05) is 0 Å². The van der Waals surface area contributed by atoms with E-state index in [1.165, 1.54) is 40.1 Å². The summed E-state index contributed by atoms with van der Waals surface area (Å²) in [7, 11) is 0. The molecule has 1 N–H and O–H groups in total. The first-order valence-corrected chi connectivity index (χ1v) is 8.29. The molecule has 0 saturated carbocycles. The molecule has 0 saturated heterocycles. The van der Waals surface area contributed by atoms with Crippen LogP contribution in [0.4, 0.5) is 0 Å². The molecule has 2 heteroatoms. The minimum Gasteiger partial charge on any atom is -0.388 e. The van der Waals surface area contributed by atoms with E-state index >= 15 is 0 Å². The fourth-order valence-electron chi connectivity index (χ4n) is 3.48. The van der Waals surface area contributed by atoms with Crippen LogP contribution in [-0.2, 0) is 6.42 Å². The first-order chi connectivity index (χ1) is 9.65. The Bertz CT molecular complexity index is 599. The Balaban J connectivity index is 1.80. The van der Waals surface area contributed by atoms with Gasteiger partial charge in [-0.1, -0.05) is 24.3 Å². The molecule has 0 radical (unpaired) electrons. The summed E-state index contributed by atoms with van der Waals surface area (Å²) in [6.45, 7) is 4.23. The molecule has 2 atom stereocenters.